The Bertz CT molecular complexity index is 718. The Hall–Kier alpha value is -1.30. The van der Waals surface area contributed by atoms with Crippen molar-refractivity contribution in [2.45, 2.75) is 11.7 Å². The van der Waals surface area contributed by atoms with Crippen molar-refractivity contribution in [1.29, 1.82) is 5.41 Å². The molecule has 0 aromatic heterocycles. The largest absolute Gasteiger partial charge is 0.278 e. The molecule has 3 rings (SSSR count). The first-order chi connectivity index (χ1) is 10.5. The van der Waals surface area contributed by atoms with Crippen molar-refractivity contribution in [3.05, 3.63) is 63.6 Å². The SMILES string of the molecule is N=C1S[C@H](Cc2ccc(Br)cc2)C(=O)N1c1ccc(Cl)cc1. The van der Waals surface area contributed by atoms with Crippen molar-refractivity contribution in [2.75, 3.05) is 4.90 Å². The van der Waals surface area contributed by atoms with E-state index in [-0.39, 0.29) is 16.3 Å². The number of hydrogen-bond acceptors (Lipinski definition) is 3. The van der Waals surface area contributed by atoms with Gasteiger partial charge in [-0.1, -0.05) is 51.4 Å². The van der Waals surface area contributed by atoms with Crippen molar-refractivity contribution in [3.63, 3.8) is 0 Å². The third-order valence-electron chi connectivity index (χ3n) is 3.37. The molecule has 1 saturated heterocycles. The van der Waals surface area contributed by atoms with Crippen LogP contribution in [0.3, 0.4) is 0 Å². The van der Waals surface area contributed by atoms with Crippen LogP contribution in [-0.4, -0.2) is 16.3 Å². The number of carbonyl (C=O) groups excluding carboxylic acids is 1. The molecule has 0 radical (unpaired) electrons. The fourth-order valence-electron chi connectivity index (χ4n) is 2.28. The molecule has 0 aliphatic carbocycles. The molecule has 1 N–H and O–H groups in total. The number of anilines is 1. The number of hydrogen-bond donors (Lipinski definition) is 1. The number of rotatable bonds is 3. The van der Waals surface area contributed by atoms with E-state index in [2.05, 4.69) is 15.9 Å². The first kappa shape index (κ1) is 15.6. The number of nitrogens with one attached hydrogen (secondary N) is 1. The van der Waals surface area contributed by atoms with Gasteiger partial charge in [0.05, 0.1) is 10.9 Å². The first-order valence-corrected chi connectivity index (χ1v) is 8.69. The number of halogens is 2. The number of nitrogens with zero attached hydrogens (tertiary/aromatic N) is 1. The average molecular weight is 396 g/mol. The number of carbonyl (C=O) groups is 1. The van der Waals surface area contributed by atoms with Gasteiger partial charge in [0.15, 0.2) is 5.17 Å². The number of benzene rings is 2. The van der Waals surface area contributed by atoms with Gasteiger partial charge in [0.25, 0.3) is 0 Å². The van der Waals surface area contributed by atoms with Crippen LogP contribution in [-0.2, 0) is 11.2 Å². The Labute approximate surface area is 146 Å². The number of thioether (sulfide) groups is 1. The van der Waals surface area contributed by atoms with Gasteiger partial charge in [0.1, 0.15) is 0 Å². The Morgan fingerprint density at radius 3 is 2.41 bits per heavy atom. The molecule has 0 bridgehead atoms. The van der Waals surface area contributed by atoms with Crippen LogP contribution in [0.15, 0.2) is 53.0 Å². The van der Waals surface area contributed by atoms with Crippen molar-refractivity contribution < 1.29 is 4.79 Å². The lowest BCUT2D eigenvalue weighted by molar-refractivity contribution is -0.116. The quantitative estimate of drug-likeness (QED) is 0.816. The summed E-state index contributed by atoms with van der Waals surface area (Å²) in [7, 11) is 0. The second kappa shape index (κ2) is 6.44. The van der Waals surface area contributed by atoms with E-state index in [0.717, 1.165) is 10.0 Å². The van der Waals surface area contributed by atoms with Gasteiger partial charge in [-0.05, 0) is 48.4 Å². The highest BCUT2D eigenvalue weighted by Crippen LogP contribution is 2.33. The highest BCUT2D eigenvalue weighted by atomic mass is 79.9. The third kappa shape index (κ3) is 3.21. The predicted octanol–water partition coefficient (Wildman–Crippen LogP) is 4.73. The molecule has 2 aromatic rings. The summed E-state index contributed by atoms with van der Waals surface area (Å²) in [5, 5.41) is 8.70. The van der Waals surface area contributed by atoms with E-state index in [1.807, 2.05) is 24.3 Å². The molecule has 1 amide bonds. The van der Waals surface area contributed by atoms with Crippen LogP contribution in [0.25, 0.3) is 0 Å². The molecule has 6 heteroatoms. The molecule has 0 unspecified atom stereocenters. The van der Waals surface area contributed by atoms with Crippen LogP contribution in [0.5, 0.6) is 0 Å². The first-order valence-electron chi connectivity index (χ1n) is 6.64. The van der Waals surface area contributed by atoms with Gasteiger partial charge in [0, 0.05) is 9.50 Å². The number of amidine groups is 1. The molecular weight excluding hydrogens is 384 g/mol. The molecule has 22 heavy (non-hydrogen) atoms. The molecule has 0 spiro atoms. The van der Waals surface area contributed by atoms with Crippen molar-refractivity contribution >= 4 is 56.1 Å². The normalized spacial score (nSPS) is 18.1. The molecule has 112 valence electrons. The highest BCUT2D eigenvalue weighted by molar-refractivity contribution is 9.10. The fraction of sp³-hybridized carbons (Fsp3) is 0.125. The van der Waals surface area contributed by atoms with Gasteiger partial charge in [-0.15, -0.1) is 0 Å². The van der Waals surface area contributed by atoms with Crippen LogP contribution < -0.4 is 4.90 Å². The monoisotopic (exact) mass is 394 g/mol. The number of amides is 1. The third-order valence-corrected chi connectivity index (χ3v) is 5.21. The van der Waals surface area contributed by atoms with Gasteiger partial charge in [0.2, 0.25) is 5.91 Å². The molecule has 1 aliphatic heterocycles. The van der Waals surface area contributed by atoms with Crippen LogP contribution in [0, 0.1) is 5.41 Å². The van der Waals surface area contributed by atoms with Gasteiger partial charge in [-0.2, -0.15) is 0 Å². The van der Waals surface area contributed by atoms with E-state index < -0.39 is 0 Å². The minimum Gasteiger partial charge on any atom is -0.278 e. The summed E-state index contributed by atoms with van der Waals surface area (Å²) in [5.74, 6) is -0.0553. The van der Waals surface area contributed by atoms with Crippen molar-refractivity contribution in [3.8, 4) is 0 Å². The predicted molar refractivity (Wildman–Crippen MR) is 95.9 cm³/mol. The summed E-state index contributed by atoms with van der Waals surface area (Å²) < 4.78 is 1.01. The minimum absolute atomic E-state index is 0.0553. The summed E-state index contributed by atoms with van der Waals surface area (Å²) in [5.41, 5.74) is 1.77. The summed E-state index contributed by atoms with van der Waals surface area (Å²) in [6.45, 7) is 0. The Balaban J connectivity index is 1.79. The minimum atomic E-state index is -0.260. The second-order valence-corrected chi connectivity index (χ2v) is 7.44. The maximum absolute atomic E-state index is 12.6. The fourth-order valence-corrected chi connectivity index (χ4v) is 3.72. The summed E-state index contributed by atoms with van der Waals surface area (Å²) in [6.07, 6.45) is 0.614. The maximum Gasteiger partial charge on any atom is 0.247 e. The summed E-state index contributed by atoms with van der Waals surface area (Å²) >= 11 is 10.6. The van der Waals surface area contributed by atoms with E-state index in [4.69, 9.17) is 17.0 Å². The molecule has 0 saturated carbocycles. The molecule has 1 aliphatic rings. The van der Waals surface area contributed by atoms with E-state index in [1.165, 1.54) is 16.7 Å². The Kier molecular flexibility index (Phi) is 4.57. The zero-order valence-electron chi connectivity index (χ0n) is 11.4. The van der Waals surface area contributed by atoms with Crippen LogP contribution in [0.4, 0.5) is 5.69 Å². The second-order valence-electron chi connectivity index (χ2n) is 4.89. The van der Waals surface area contributed by atoms with Crippen LogP contribution >= 0.6 is 39.3 Å². The Morgan fingerprint density at radius 2 is 1.77 bits per heavy atom. The maximum atomic E-state index is 12.6. The molecule has 3 nitrogen and oxygen atoms in total. The molecule has 1 fully saturated rings. The Morgan fingerprint density at radius 1 is 1.14 bits per heavy atom. The van der Waals surface area contributed by atoms with E-state index in [0.29, 0.717) is 17.1 Å². The van der Waals surface area contributed by atoms with Gasteiger partial charge in [-0.25, -0.2) is 0 Å². The van der Waals surface area contributed by atoms with E-state index in [9.17, 15) is 4.79 Å². The van der Waals surface area contributed by atoms with Crippen LogP contribution in [0.1, 0.15) is 5.56 Å². The smallest absolute Gasteiger partial charge is 0.247 e. The lowest BCUT2D eigenvalue weighted by Crippen LogP contribution is -2.32. The lowest BCUT2D eigenvalue weighted by Gasteiger charge is -2.15. The van der Waals surface area contributed by atoms with Crippen LogP contribution in [0.2, 0.25) is 5.02 Å². The van der Waals surface area contributed by atoms with E-state index in [1.54, 1.807) is 24.3 Å². The summed E-state index contributed by atoms with van der Waals surface area (Å²) in [6, 6.07) is 14.9. The van der Waals surface area contributed by atoms with Gasteiger partial charge < -0.3 is 0 Å². The molecule has 1 atom stereocenters. The molecular formula is C16H12BrClN2OS. The lowest BCUT2D eigenvalue weighted by atomic mass is 10.1. The van der Waals surface area contributed by atoms with Gasteiger partial charge >= 0.3 is 0 Å². The van der Waals surface area contributed by atoms with Crippen molar-refractivity contribution in [1.82, 2.24) is 0 Å². The highest BCUT2D eigenvalue weighted by Gasteiger charge is 2.37. The summed E-state index contributed by atoms with van der Waals surface area (Å²) in [4.78, 5) is 14.0. The topological polar surface area (TPSA) is 44.2 Å². The zero-order chi connectivity index (χ0) is 15.7. The molecule has 1 heterocycles. The standard InChI is InChI=1S/C16H12BrClN2OS/c17-11-3-1-10(2-4-11)9-14-15(21)20(16(19)22-14)13-7-5-12(18)6-8-13/h1-8,14,19H,9H2/t14-/m1/s1. The van der Waals surface area contributed by atoms with Crippen molar-refractivity contribution in [2.24, 2.45) is 0 Å². The molecule has 2 aromatic carbocycles. The average Bonchev–Trinajstić information content (AvgIpc) is 2.77. The zero-order valence-corrected chi connectivity index (χ0v) is 14.6. The van der Waals surface area contributed by atoms with Gasteiger partial charge in [-0.3, -0.25) is 15.1 Å². The van der Waals surface area contributed by atoms with E-state index >= 15 is 0 Å².